The van der Waals surface area contributed by atoms with Crippen LogP contribution in [0.2, 0.25) is 0 Å². The normalized spacial score (nSPS) is 16.2. The molecule has 0 radical (unpaired) electrons. The number of carbonyl (C=O) groups excluding carboxylic acids is 1. The van der Waals surface area contributed by atoms with Gasteiger partial charge in [-0.25, -0.2) is 9.18 Å². The maximum atomic E-state index is 14.2. The van der Waals surface area contributed by atoms with Crippen LogP contribution in [-0.4, -0.2) is 44.4 Å². The van der Waals surface area contributed by atoms with Crippen LogP contribution in [0.3, 0.4) is 0 Å². The van der Waals surface area contributed by atoms with Gasteiger partial charge in [-0.3, -0.25) is 5.32 Å². The van der Waals surface area contributed by atoms with Crippen LogP contribution in [0.5, 0.6) is 0 Å². The fourth-order valence-electron chi connectivity index (χ4n) is 2.17. The second-order valence-corrected chi connectivity index (χ2v) is 5.29. The van der Waals surface area contributed by atoms with E-state index in [4.69, 9.17) is 21.1 Å². The molecular weight excluding hydrogens is 311 g/mol. The summed E-state index contributed by atoms with van der Waals surface area (Å²) in [7, 11) is 0. The van der Waals surface area contributed by atoms with Crippen molar-refractivity contribution in [1.29, 1.82) is 0 Å². The van der Waals surface area contributed by atoms with Crippen LogP contribution in [0.15, 0.2) is 18.2 Å². The van der Waals surface area contributed by atoms with Crippen molar-refractivity contribution >= 4 is 29.1 Å². The zero-order valence-electron chi connectivity index (χ0n) is 12.5. The average Bonchev–Trinajstić information content (AvgIpc) is 2.53. The first kappa shape index (κ1) is 16.8. The lowest BCUT2D eigenvalue weighted by Gasteiger charge is -2.29. The number of alkyl halides is 1. The summed E-state index contributed by atoms with van der Waals surface area (Å²) in [6.45, 7) is 4.35. The van der Waals surface area contributed by atoms with Crippen LogP contribution >= 0.6 is 11.6 Å². The highest BCUT2D eigenvalue weighted by Crippen LogP contribution is 2.24. The third kappa shape index (κ3) is 4.48. The summed E-state index contributed by atoms with van der Waals surface area (Å²) in [5, 5.41) is 2.51. The van der Waals surface area contributed by atoms with Crippen molar-refractivity contribution in [1.82, 2.24) is 0 Å². The fourth-order valence-corrected chi connectivity index (χ4v) is 2.45. The number of nitrogens with one attached hydrogen (secondary N) is 1. The van der Waals surface area contributed by atoms with Crippen LogP contribution in [0.4, 0.5) is 20.6 Å². The molecule has 0 bridgehead atoms. The Bertz CT molecular complexity index is 506. The van der Waals surface area contributed by atoms with E-state index in [1.807, 2.05) is 11.8 Å². The van der Waals surface area contributed by atoms with Gasteiger partial charge < -0.3 is 14.4 Å². The highest BCUT2D eigenvalue weighted by atomic mass is 35.5. The van der Waals surface area contributed by atoms with Gasteiger partial charge in [-0.05, 0) is 24.6 Å². The number of nitrogens with zero attached hydrogens (tertiary/aromatic N) is 1. The van der Waals surface area contributed by atoms with Gasteiger partial charge >= 0.3 is 6.09 Å². The number of rotatable bonds is 5. The molecule has 2 rings (SSSR count). The van der Waals surface area contributed by atoms with Crippen LogP contribution in [0.1, 0.15) is 13.3 Å². The first-order chi connectivity index (χ1) is 10.6. The second-order valence-electron chi connectivity index (χ2n) is 4.98. The number of ether oxygens (including phenoxy) is 2. The molecule has 1 atom stereocenters. The summed E-state index contributed by atoms with van der Waals surface area (Å²) in [4.78, 5) is 13.6. The van der Waals surface area contributed by atoms with Crippen molar-refractivity contribution in [3.63, 3.8) is 0 Å². The predicted molar refractivity (Wildman–Crippen MR) is 84.3 cm³/mol. The Kier molecular flexibility index (Phi) is 6.27. The van der Waals surface area contributed by atoms with Crippen LogP contribution in [0, 0.1) is 5.82 Å². The van der Waals surface area contributed by atoms with Crippen molar-refractivity contribution in [3.8, 4) is 0 Å². The van der Waals surface area contributed by atoms with E-state index in [-0.39, 0.29) is 17.8 Å². The molecule has 1 aliphatic heterocycles. The van der Waals surface area contributed by atoms with E-state index < -0.39 is 6.09 Å². The van der Waals surface area contributed by atoms with Crippen LogP contribution in [-0.2, 0) is 9.47 Å². The number of benzene rings is 1. The second kappa shape index (κ2) is 8.19. The summed E-state index contributed by atoms with van der Waals surface area (Å²) in [6, 6.07) is 4.58. The molecule has 7 heteroatoms. The number of carbonyl (C=O) groups is 1. The van der Waals surface area contributed by atoms with Gasteiger partial charge in [0.1, 0.15) is 11.9 Å². The van der Waals surface area contributed by atoms with E-state index in [9.17, 15) is 9.18 Å². The summed E-state index contributed by atoms with van der Waals surface area (Å²) >= 11 is 5.67. The molecule has 1 fully saturated rings. The third-order valence-electron chi connectivity index (χ3n) is 3.45. The van der Waals surface area contributed by atoms with Crippen molar-refractivity contribution in [3.05, 3.63) is 24.0 Å². The Labute approximate surface area is 134 Å². The number of hydrogen-bond donors (Lipinski definition) is 1. The standard InChI is InChI=1S/C15H20ClFN2O3/c1-2-12(10-16)22-15(20)18-11-3-4-14(13(17)9-11)19-5-7-21-8-6-19/h3-4,9,12H,2,5-8,10H2,1H3,(H,18,20)/t12-/m0/s1. The predicted octanol–water partition coefficient (Wildman–Crippen LogP) is 3.23. The molecule has 1 amide bonds. The fraction of sp³-hybridized carbons (Fsp3) is 0.533. The summed E-state index contributed by atoms with van der Waals surface area (Å²) in [5.41, 5.74) is 0.860. The Morgan fingerprint density at radius 1 is 1.50 bits per heavy atom. The number of amides is 1. The molecule has 0 saturated carbocycles. The maximum Gasteiger partial charge on any atom is 0.411 e. The Morgan fingerprint density at radius 3 is 2.82 bits per heavy atom. The average molecular weight is 331 g/mol. The molecule has 122 valence electrons. The van der Waals surface area contributed by atoms with Gasteiger partial charge in [-0.15, -0.1) is 11.6 Å². The largest absolute Gasteiger partial charge is 0.445 e. The van der Waals surface area contributed by atoms with Gasteiger partial charge in [0.25, 0.3) is 0 Å². The smallest absolute Gasteiger partial charge is 0.411 e. The lowest BCUT2D eigenvalue weighted by atomic mass is 10.2. The molecule has 5 nitrogen and oxygen atoms in total. The Balaban J connectivity index is 1.98. The molecule has 0 spiro atoms. The Hall–Kier alpha value is -1.53. The van der Waals surface area contributed by atoms with Gasteiger partial charge in [-0.1, -0.05) is 6.92 Å². The number of hydrogen-bond acceptors (Lipinski definition) is 4. The monoisotopic (exact) mass is 330 g/mol. The molecule has 1 aliphatic rings. The molecular formula is C15H20ClFN2O3. The van der Waals surface area contributed by atoms with Crippen LogP contribution in [0.25, 0.3) is 0 Å². The topological polar surface area (TPSA) is 50.8 Å². The SMILES string of the molecule is CC[C@@H](CCl)OC(=O)Nc1ccc(N2CCOCC2)c(F)c1. The third-order valence-corrected chi connectivity index (χ3v) is 3.79. The lowest BCUT2D eigenvalue weighted by Crippen LogP contribution is -2.36. The molecule has 22 heavy (non-hydrogen) atoms. The zero-order chi connectivity index (χ0) is 15.9. The molecule has 1 N–H and O–H groups in total. The highest BCUT2D eigenvalue weighted by molar-refractivity contribution is 6.18. The molecule has 0 aliphatic carbocycles. The van der Waals surface area contributed by atoms with E-state index in [0.717, 1.165) is 0 Å². The quantitative estimate of drug-likeness (QED) is 0.842. The Morgan fingerprint density at radius 2 is 2.23 bits per heavy atom. The van der Waals surface area contributed by atoms with Crippen molar-refractivity contribution in [2.24, 2.45) is 0 Å². The van der Waals surface area contributed by atoms with E-state index in [1.54, 1.807) is 12.1 Å². The van der Waals surface area contributed by atoms with E-state index in [1.165, 1.54) is 6.07 Å². The van der Waals surface area contributed by atoms with Gasteiger partial charge in [-0.2, -0.15) is 0 Å². The molecule has 1 aromatic carbocycles. The van der Waals surface area contributed by atoms with Gasteiger partial charge in [0.2, 0.25) is 0 Å². The highest BCUT2D eigenvalue weighted by Gasteiger charge is 2.16. The molecule has 1 heterocycles. The van der Waals surface area contributed by atoms with Crippen molar-refractivity contribution in [2.45, 2.75) is 19.4 Å². The molecule has 1 saturated heterocycles. The molecule has 0 unspecified atom stereocenters. The summed E-state index contributed by atoms with van der Waals surface area (Å²) < 4.78 is 24.5. The van der Waals surface area contributed by atoms with E-state index in [2.05, 4.69) is 5.32 Å². The lowest BCUT2D eigenvalue weighted by molar-refractivity contribution is 0.120. The number of morpholine rings is 1. The first-order valence-electron chi connectivity index (χ1n) is 7.30. The summed E-state index contributed by atoms with van der Waals surface area (Å²) in [5.74, 6) is -0.155. The minimum atomic E-state index is -0.633. The molecule has 0 aromatic heterocycles. The zero-order valence-corrected chi connectivity index (χ0v) is 13.2. The van der Waals surface area contributed by atoms with E-state index in [0.29, 0.717) is 44.1 Å². The maximum absolute atomic E-state index is 14.2. The number of halogens is 2. The molecule has 1 aromatic rings. The number of anilines is 2. The van der Waals surface area contributed by atoms with Gasteiger partial charge in [0.05, 0.1) is 24.8 Å². The van der Waals surface area contributed by atoms with Crippen molar-refractivity contribution in [2.75, 3.05) is 42.4 Å². The first-order valence-corrected chi connectivity index (χ1v) is 7.83. The van der Waals surface area contributed by atoms with Gasteiger partial charge in [0.15, 0.2) is 0 Å². The van der Waals surface area contributed by atoms with Crippen LogP contribution < -0.4 is 10.2 Å². The van der Waals surface area contributed by atoms with Crippen molar-refractivity contribution < 1.29 is 18.7 Å². The van der Waals surface area contributed by atoms with Gasteiger partial charge in [0, 0.05) is 18.8 Å². The minimum Gasteiger partial charge on any atom is -0.445 e. The minimum absolute atomic E-state index is 0.230. The summed E-state index contributed by atoms with van der Waals surface area (Å²) in [6.07, 6.45) is -0.355. The van der Waals surface area contributed by atoms with E-state index >= 15 is 0 Å².